The summed E-state index contributed by atoms with van der Waals surface area (Å²) < 4.78 is 29.3. The van der Waals surface area contributed by atoms with E-state index in [0.29, 0.717) is 24.5 Å². The van der Waals surface area contributed by atoms with Crippen LogP contribution in [0.3, 0.4) is 0 Å². The largest absolute Gasteiger partial charge is 0.461 e. The standard InChI is InChI=1S/C13H19N3O5S2/c1-3-21-12(18)10-8-22-13(14-10)15-11(17)9-5-4-6-16(7-9)23(2,19)20/h8-9H,3-7H2,1-2H3,(H,14,15,17)/t9-/m0/s1. The Balaban J connectivity index is 1.98. The summed E-state index contributed by atoms with van der Waals surface area (Å²) in [6.45, 7) is 2.55. The van der Waals surface area contributed by atoms with Gasteiger partial charge in [-0.15, -0.1) is 11.3 Å². The smallest absolute Gasteiger partial charge is 0.357 e. The van der Waals surface area contributed by atoms with Crippen LogP contribution in [0.15, 0.2) is 5.38 Å². The predicted octanol–water partition coefficient (Wildman–Crippen LogP) is 0.930. The van der Waals surface area contributed by atoms with Crippen molar-refractivity contribution < 1.29 is 22.7 Å². The number of nitrogens with one attached hydrogen (secondary N) is 1. The first-order chi connectivity index (χ1) is 10.8. The lowest BCUT2D eigenvalue weighted by Crippen LogP contribution is -2.43. The Hall–Kier alpha value is -1.52. The summed E-state index contributed by atoms with van der Waals surface area (Å²) in [5, 5.41) is 4.45. The van der Waals surface area contributed by atoms with Crippen LogP contribution >= 0.6 is 11.3 Å². The van der Waals surface area contributed by atoms with E-state index in [-0.39, 0.29) is 24.8 Å². The van der Waals surface area contributed by atoms with Crippen molar-refractivity contribution in [1.29, 1.82) is 0 Å². The minimum Gasteiger partial charge on any atom is -0.461 e. The summed E-state index contributed by atoms with van der Waals surface area (Å²) in [4.78, 5) is 27.8. The van der Waals surface area contributed by atoms with Crippen molar-refractivity contribution >= 4 is 38.4 Å². The number of nitrogens with zero attached hydrogens (tertiary/aromatic N) is 2. The number of hydrogen-bond acceptors (Lipinski definition) is 7. The maximum atomic E-state index is 12.3. The van der Waals surface area contributed by atoms with Gasteiger partial charge in [-0.3, -0.25) is 4.79 Å². The first-order valence-electron chi connectivity index (χ1n) is 7.20. The zero-order chi connectivity index (χ0) is 17.0. The average molecular weight is 361 g/mol. The van der Waals surface area contributed by atoms with Crippen LogP contribution in [-0.2, 0) is 19.6 Å². The molecule has 0 saturated carbocycles. The van der Waals surface area contributed by atoms with Gasteiger partial charge in [0.2, 0.25) is 15.9 Å². The molecular weight excluding hydrogens is 342 g/mol. The number of anilines is 1. The van der Waals surface area contributed by atoms with Gasteiger partial charge in [-0.05, 0) is 19.8 Å². The lowest BCUT2D eigenvalue weighted by atomic mass is 9.99. The molecule has 0 aliphatic carbocycles. The molecule has 0 aromatic carbocycles. The average Bonchev–Trinajstić information content (AvgIpc) is 2.95. The fourth-order valence-corrected chi connectivity index (χ4v) is 3.89. The van der Waals surface area contributed by atoms with Crippen molar-refractivity contribution in [1.82, 2.24) is 9.29 Å². The Morgan fingerprint density at radius 3 is 2.91 bits per heavy atom. The first kappa shape index (κ1) is 17.8. The fraction of sp³-hybridized carbons (Fsp3) is 0.615. The van der Waals surface area contributed by atoms with E-state index in [4.69, 9.17) is 4.74 Å². The van der Waals surface area contributed by atoms with E-state index in [9.17, 15) is 18.0 Å². The van der Waals surface area contributed by atoms with Crippen molar-refractivity contribution in [3.8, 4) is 0 Å². The molecule has 1 fully saturated rings. The molecule has 1 aromatic heterocycles. The summed E-state index contributed by atoms with van der Waals surface area (Å²) in [6.07, 6.45) is 2.39. The van der Waals surface area contributed by atoms with Gasteiger partial charge in [0.15, 0.2) is 10.8 Å². The Kier molecular flexibility index (Phi) is 5.71. The zero-order valence-electron chi connectivity index (χ0n) is 12.9. The van der Waals surface area contributed by atoms with Crippen molar-refractivity contribution in [2.45, 2.75) is 19.8 Å². The minimum atomic E-state index is -3.30. The molecule has 0 spiro atoms. The zero-order valence-corrected chi connectivity index (χ0v) is 14.6. The van der Waals surface area contributed by atoms with E-state index in [1.165, 1.54) is 9.69 Å². The fourth-order valence-electron chi connectivity index (χ4n) is 2.30. The van der Waals surface area contributed by atoms with Crippen LogP contribution in [0.25, 0.3) is 0 Å². The number of sulfonamides is 1. The predicted molar refractivity (Wildman–Crippen MR) is 85.8 cm³/mol. The first-order valence-corrected chi connectivity index (χ1v) is 9.92. The lowest BCUT2D eigenvalue weighted by Gasteiger charge is -2.29. The monoisotopic (exact) mass is 361 g/mol. The Morgan fingerprint density at radius 1 is 1.52 bits per heavy atom. The summed E-state index contributed by atoms with van der Waals surface area (Å²) in [6, 6.07) is 0. The number of rotatable bonds is 5. The van der Waals surface area contributed by atoms with Gasteiger partial charge >= 0.3 is 5.97 Å². The number of ether oxygens (including phenoxy) is 1. The highest BCUT2D eigenvalue weighted by molar-refractivity contribution is 7.88. The molecule has 0 radical (unpaired) electrons. The molecule has 1 aliphatic heterocycles. The Labute approximate surface area is 138 Å². The van der Waals surface area contributed by atoms with Gasteiger partial charge in [0.1, 0.15) is 0 Å². The number of aromatic nitrogens is 1. The highest BCUT2D eigenvalue weighted by Gasteiger charge is 2.30. The molecule has 128 valence electrons. The van der Waals surface area contributed by atoms with Crippen LogP contribution in [-0.4, -0.2) is 55.5 Å². The molecule has 1 saturated heterocycles. The van der Waals surface area contributed by atoms with E-state index in [1.807, 2.05) is 0 Å². The number of amides is 1. The molecule has 23 heavy (non-hydrogen) atoms. The van der Waals surface area contributed by atoms with Crippen molar-refractivity contribution in [2.75, 3.05) is 31.3 Å². The van der Waals surface area contributed by atoms with E-state index in [2.05, 4.69) is 10.3 Å². The molecule has 1 N–H and O–H groups in total. The van der Waals surface area contributed by atoms with Crippen molar-refractivity contribution in [3.05, 3.63) is 11.1 Å². The third-order valence-electron chi connectivity index (χ3n) is 3.44. The van der Waals surface area contributed by atoms with Gasteiger partial charge in [0.25, 0.3) is 0 Å². The van der Waals surface area contributed by atoms with Crippen LogP contribution in [0.5, 0.6) is 0 Å². The second kappa shape index (κ2) is 7.37. The molecule has 1 aliphatic rings. The SMILES string of the molecule is CCOC(=O)c1csc(NC(=O)[C@H]2CCCN(S(C)(=O)=O)C2)n1. The maximum Gasteiger partial charge on any atom is 0.357 e. The number of carbonyl (C=O) groups is 2. The molecule has 10 heteroatoms. The van der Waals surface area contributed by atoms with Gasteiger partial charge in [-0.1, -0.05) is 0 Å². The molecule has 1 atom stereocenters. The van der Waals surface area contributed by atoms with E-state index in [1.54, 1.807) is 6.92 Å². The maximum absolute atomic E-state index is 12.3. The molecule has 0 bridgehead atoms. The third-order valence-corrected chi connectivity index (χ3v) is 5.47. The summed E-state index contributed by atoms with van der Waals surface area (Å²) in [5.41, 5.74) is 0.147. The van der Waals surface area contributed by atoms with Crippen LogP contribution in [0, 0.1) is 5.92 Å². The van der Waals surface area contributed by atoms with Gasteiger partial charge in [0, 0.05) is 18.5 Å². The Morgan fingerprint density at radius 2 is 2.26 bits per heavy atom. The second-order valence-electron chi connectivity index (χ2n) is 5.21. The highest BCUT2D eigenvalue weighted by Crippen LogP contribution is 2.22. The number of carbonyl (C=O) groups excluding carboxylic acids is 2. The molecule has 2 rings (SSSR count). The van der Waals surface area contributed by atoms with E-state index in [0.717, 1.165) is 17.6 Å². The summed E-state index contributed by atoms with van der Waals surface area (Å²) in [5.74, 6) is -1.25. The number of esters is 1. The molecule has 0 unspecified atom stereocenters. The summed E-state index contributed by atoms with van der Waals surface area (Å²) in [7, 11) is -3.30. The van der Waals surface area contributed by atoms with E-state index < -0.39 is 21.9 Å². The normalized spacial score (nSPS) is 19.3. The Bertz CT molecular complexity index is 686. The minimum absolute atomic E-state index is 0.147. The summed E-state index contributed by atoms with van der Waals surface area (Å²) >= 11 is 1.13. The third kappa shape index (κ3) is 4.72. The second-order valence-corrected chi connectivity index (χ2v) is 8.05. The number of thiazole rings is 1. The van der Waals surface area contributed by atoms with Gasteiger partial charge in [0.05, 0.1) is 18.8 Å². The van der Waals surface area contributed by atoms with Gasteiger partial charge < -0.3 is 10.1 Å². The van der Waals surface area contributed by atoms with Crippen LogP contribution in [0.1, 0.15) is 30.3 Å². The molecule has 8 nitrogen and oxygen atoms in total. The van der Waals surface area contributed by atoms with Gasteiger partial charge in [-0.25, -0.2) is 22.5 Å². The molecule has 1 aromatic rings. The highest BCUT2D eigenvalue weighted by atomic mass is 32.2. The van der Waals surface area contributed by atoms with Crippen molar-refractivity contribution in [3.63, 3.8) is 0 Å². The lowest BCUT2D eigenvalue weighted by molar-refractivity contribution is -0.120. The van der Waals surface area contributed by atoms with Crippen LogP contribution < -0.4 is 5.32 Å². The van der Waals surface area contributed by atoms with Crippen LogP contribution in [0.2, 0.25) is 0 Å². The topological polar surface area (TPSA) is 106 Å². The molecular formula is C13H19N3O5S2. The van der Waals surface area contributed by atoms with Crippen molar-refractivity contribution in [2.24, 2.45) is 5.92 Å². The quantitative estimate of drug-likeness (QED) is 0.782. The number of hydrogen-bond donors (Lipinski definition) is 1. The van der Waals surface area contributed by atoms with E-state index >= 15 is 0 Å². The van der Waals surface area contributed by atoms with Gasteiger partial charge in [-0.2, -0.15) is 0 Å². The molecule has 1 amide bonds. The van der Waals surface area contributed by atoms with Crippen LogP contribution in [0.4, 0.5) is 5.13 Å². The molecule has 2 heterocycles. The number of piperidine rings is 1.